The average molecular weight is 387 g/mol. The average Bonchev–Trinajstić information content (AvgIpc) is 3.24. The Morgan fingerprint density at radius 3 is 2.68 bits per heavy atom. The highest BCUT2D eigenvalue weighted by Gasteiger charge is 2.18. The minimum absolute atomic E-state index is 0.00932. The highest BCUT2D eigenvalue weighted by Crippen LogP contribution is 2.31. The van der Waals surface area contributed by atoms with Crippen LogP contribution in [0, 0.1) is 0 Å². The van der Waals surface area contributed by atoms with Gasteiger partial charge in [-0.05, 0) is 44.1 Å². The quantitative estimate of drug-likeness (QED) is 0.644. The van der Waals surface area contributed by atoms with Crippen LogP contribution >= 0.6 is 0 Å². The molecule has 152 valence electrons. The smallest absolute Gasteiger partial charge is 0.229 e. The van der Waals surface area contributed by atoms with Gasteiger partial charge in [-0.2, -0.15) is 4.98 Å². The minimum atomic E-state index is 0.00932. The lowest BCUT2D eigenvalue weighted by Gasteiger charge is -2.23. The predicted octanol–water partition coefficient (Wildman–Crippen LogP) is 2.76. The number of methoxy groups -OCH3 is 2. The molecule has 3 rings (SSSR count). The van der Waals surface area contributed by atoms with Crippen LogP contribution in [-0.4, -0.2) is 68.5 Å². The molecule has 1 atom stereocenters. The van der Waals surface area contributed by atoms with Crippen molar-refractivity contribution in [3.05, 3.63) is 30.5 Å². The van der Waals surface area contributed by atoms with Gasteiger partial charge in [0, 0.05) is 38.7 Å². The maximum Gasteiger partial charge on any atom is 0.229 e. The van der Waals surface area contributed by atoms with Crippen molar-refractivity contribution in [1.29, 1.82) is 0 Å². The van der Waals surface area contributed by atoms with Gasteiger partial charge in [0.1, 0.15) is 18.5 Å². The fourth-order valence-corrected chi connectivity index (χ4v) is 3.19. The van der Waals surface area contributed by atoms with Gasteiger partial charge < -0.3 is 29.7 Å². The van der Waals surface area contributed by atoms with Crippen molar-refractivity contribution in [3.8, 4) is 11.5 Å². The summed E-state index contributed by atoms with van der Waals surface area (Å²) >= 11 is 0. The highest BCUT2D eigenvalue weighted by molar-refractivity contribution is 5.60. The molecule has 0 aliphatic carbocycles. The van der Waals surface area contributed by atoms with E-state index in [4.69, 9.17) is 14.2 Å². The van der Waals surface area contributed by atoms with E-state index >= 15 is 0 Å². The minimum Gasteiger partial charge on any atom is -0.493 e. The van der Waals surface area contributed by atoms with Crippen molar-refractivity contribution < 1.29 is 14.2 Å². The summed E-state index contributed by atoms with van der Waals surface area (Å²) in [4.78, 5) is 11.0. The fraction of sp³-hybridized carbons (Fsp3) is 0.500. The maximum absolute atomic E-state index is 6.04. The number of nitrogens with one attached hydrogen (secondary N) is 2. The molecule has 8 nitrogen and oxygen atoms in total. The Bertz CT molecular complexity index is 752. The van der Waals surface area contributed by atoms with Gasteiger partial charge in [-0.3, -0.25) is 0 Å². The van der Waals surface area contributed by atoms with Crippen molar-refractivity contribution in [1.82, 2.24) is 14.9 Å². The first-order chi connectivity index (χ1) is 13.7. The summed E-state index contributed by atoms with van der Waals surface area (Å²) in [5.74, 6) is 2.58. The number of aromatic nitrogens is 2. The van der Waals surface area contributed by atoms with Crippen LogP contribution in [0.3, 0.4) is 0 Å². The standard InChI is InChI=1S/C20H29N5O3/c1-21-19-8-9-22-20(24-19)23-15-6-7-17(27-3)18(12-15)28-14-16(26-2)13-25-10-4-5-11-25/h6-9,12,16H,4-5,10-11,13-14H2,1-3H3,(H2,21,22,23,24)/t16-/m1/s1. The van der Waals surface area contributed by atoms with Crippen molar-refractivity contribution in [2.45, 2.75) is 18.9 Å². The van der Waals surface area contributed by atoms with Crippen LogP contribution in [-0.2, 0) is 4.74 Å². The van der Waals surface area contributed by atoms with Crippen molar-refractivity contribution in [2.75, 3.05) is 58.1 Å². The first-order valence-electron chi connectivity index (χ1n) is 9.55. The Hall–Kier alpha value is -2.58. The van der Waals surface area contributed by atoms with E-state index in [9.17, 15) is 0 Å². The van der Waals surface area contributed by atoms with E-state index in [0.717, 1.165) is 31.1 Å². The van der Waals surface area contributed by atoms with E-state index in [1.54, 1.807) is 26.5 Å². The van der Waals surface area contributed by atoms with Crippen molar-refractivity contribution in [3.63, 3.8) is 0 Å². The van der Waals surface area contributed by atoms with Crippen LogP contribution in [0.4, 0.5) is 17.5 Å². The molecule has 0 spiro atoms. The maximum atomic E-state index is 6.04. The molecule has 0 radical (unpaired) electrons. The summed E-state index contributed by atoms with van der Waals surface area (Å²) in [6.45, 7) is 3.60. The number of hydrogen-bond acceptors (Lipinski definition) is 8. The van der Waals surface area contributed by atoms with Crippen LogP contribution in [0.15, 0.2) is 30.5 Å². The predicted molar refractivity (Wildman–Crippen MR) is 110 cm³/mol. The molecule has 0 bridgehead atoms. The Labute approximate surface area is 166 Å². The number of benzene rings is 1. The molecule has 2 heterocycles. The Balaban J connectivity index is 1.66. The monoisotopic (exact) mass is 387 g/mol. The zero-order chi connectivity index (χ0) is 19.8. The summed E-state index contributed by atoms with van der Waals surface area (Å²) < 4.78 is 17.1. The van der Waals surface area contributed by atoms with E-state index in [2.05, 4.69) is 25.5 Å². The molecule has 1 aromatic heterocycles. The molecule has 2 N–H and O–H groups in total. The zero-order valence-electron chi connectivity index (χ0n) is 16.8. The lowest BCUT2D eigenvalue weighted by molar-refractivity contribution is 0.0339. The molecule has 1 saturated heterocycles. The molecular formula is C20H29N5O3. The largest absolute Gasteiger partial charge is 0.493 e. The zero-order valence-corrected chi connectivity index (χ0v) is 16.8. The number of rotatable bonds is 10. The van der Waals surface area contributed by atoms with Crippen LogP contribution < -0.4 is 20.1 Å². The third-order valence-corrected chi connectivity index (χ3v) is 4.75. The first kappa shape index (κ1) is 20.2. The summed E-state index contributed by atoms with van der Waals surface area (Å²) in [5.41, 5.74) is 0.817. The van der Waals surface area contributed by atoms with Crippen LogP contribution in [0.1, 0.15) is 12.8 Å². The molecular weight excluding hydrogens is 358 g/mol. The molecule has 1 aliphatic heterocycles. The van der Waals surface area contributed by atoms with Gasteiger partial charge in [-0.25, -0.2) is 4.98 Å². The normalized spacial score (nSPS) is 15.2. The molecule has 1 fully saturated rings. The fourth-order valence-electron chi connectivity index (χ4n) is 3.19. The van der Waals surface area contributed by atoms with Crippen LogP contribution in [0.25, 0.3) is 0 Å². The van der Waals surface area contributed by atoms with E-state index in [1.807, 2.05) is 25.2 Å². The highest BCUT2D eigenvalue weighted by atomic mass is 16.5. The molecule has 1 aromatic carbocycles. The number of ether oxygens (including phenoxy) is 3. The van der Waals surface area contributed by atoms with Crippen LogP contribution in [0.2, 0.25) is 0 Å². The van der Waals surface area contributed by atoms with Gasteiger partial charge in [0.25, 0.3) is 0 Å². The van der Waals surface area contributed by atoms with Crippen LogP contribution in [0.5, 0.6) is 11.5 Å². The Kier molecular flexibility index (Phi) is 7.27. The van der Waals surface area contributed by atoms with Gasteiger partial charge in [0.2, 0.25) is 5.95 Å². The Morgan fingerprint density at radius 2 is 1.96 bits per heavy atom. The molecule has 8 heteroatoms. The van der Waals surface area contributed by atoms with E-state index < -0.39 is 0 Å². The molecule has 1 aliphatic rings. The van der Waals surface area contributed by atoms with E-state index in [1.165, 1.54) is 12.8 Å². The molecule has 28 heavy (non-hydrogen) atoms. The lowest BCUT2D eigenvalue weighted by Crippen LogP contribution is -2.35. The number of hydrogen-bond donors (Lipinski definition) is 2. The lowest BCUT2D eigenvalue weighted by atomic mass is 10.2. The molecule has 2 aromatic rings. The van der Waals surface area contributed by atoms with Gasteiger partial charge in [0.05, 0.1) is 7.11 Å². The summed E-state index contributed by atoms with van der Waals surface area (Å²) in [7, 11) is 5.18. The summed E-state index contributed by atoms with van der Waals surface area (Å²) in [6.07, 6.45) is 4.23. The van der Waals surface area contributed by atoms with E-state index in [0.29, 0.717) is 24.1 Å². The second-order valence-corrected chi connectivity index (χ2v) is 6.68. The van der Waals surface area contributed by atoms with Crippen molar-refractivity contribution >= 4 is 17.5 Å². The van der Waals surface area contributed by atoms with Crippen molar-refractivity contribution in [2.24, 2.45) is 0 Å². The number of anilines is 3. The topological polar surface area (TPSA) is 80.8 Å². The second-order valence-electron chi connectivity index (χ2n) is 6.68. The number of nitrogens with zero attached hydrogens (tertiary/aromatic N) is 3. The van der Waals surface area contributed by atoms with Gasteiger partial charge in [-0.1, -0.05) is 0 Å². The van der Waals surface area contributed by atoms with Gasteiger partial charge >= 0.3 is 0 Å². The molecule has 0 unspecified atom stereocenters. The van der Waals surface area contributed by atoms with E-state index in [-0.39, 0.29) is 6.10 Å². The summed E-state index contributed by atoms with van der Waals surface area (Å²) in [6, 6.07) is 7.46. The van der Waals surface area contributed by atoms with Gasteiger partial charge in [-0.15, -0.1) is 0 Å². The third kappa shape index (κ3) is 5.46. The third-order valence-electron chi connectivity index (χ3n) is 4.75. The SMILES string of the molecule is CNc1ccnc(Nc2ccc(OC)c(OC[C@@H](CN3CCCC3)OC)c2)n1. The summed E-state index contributed by atoms with van der Waals surface area (Å²) in [5, 5.41) is 6.19. The second kappa shape index (κ2) is 10.1. The Morgan fingerprint density at radius 1 is 1.14 bits per heavy atom. The number of likely N-dealkylation sites (tertiary alicyclic amines) is 1. The van der Waals surface area contributed by atoms with Gasteiger partial charge in [0.15, 0.2) is 11.5 Å². The molecule has 0 saturated carbocycles. The first-order valence-corrected chi connectivity index (χ1v) is 9.55. The molecule has 0 amide bonds.